The molecule has 0 saturated carbocycles. The SMILES string of the molecule is O=C(COc1c(Br)cc(Br)cc1Br)N/N=C\c1cc(Br)cc(Br)c1OC(=O)c1ccco1. The molecule has 0 unspecified atom stereocenters. The zero-order valence-corrected chi connectivity index (χ0v) is 23.6. The van der Waals surface area contributed by atoms with Gasteiger partial charge in [0.25, 0.3) is 5.91 Å². The van der Waals surface area contributed by atoms with E-state index in [-0.39, 0.29) is 18.1 Å². The Balaban J connectivity index is 1.67. The molecule has 7 nitrogen and oxygen atoms in total. The van der Waals surface area contributed by atoms with Crippen LogP contribution >= 0.6 is 79.6 Å². The molecule has 0 atom stereocenters. The third-order valence-electron chi connectivity index (χ3n) is 3.66. The van der Waals surface area contributed by atoms with Crippen molar-refractivity contribution in [3.05, 3.63) is 76.3 Å². The lowest BCUT2D eigenvalue weighted by Crippen LogP contribution is -2.24. The van der Waals surface area contributed by atoms with Gasteiger partial charge in [0.1, 0.15) is 5.75 Å². The Morgan fingerprint density at radius 3 is 2.22 bits per heavy atom. The molecule has 0 radical (unpaired) electrons. The van der Waals surface area contributed by atoms with Crippen molar-refractivity contribution < 1.29 is 23.5 Å². The van der Waals surface area contributed by atoms with E-state index in [4.69, 9.17) is 13.9 Å². The maximum absolute atomic E-state index is 12.3. The first kappa shape index (κ1) is 25.2. The molecule has 0 saturated heterocycles. The van der Waals surface area contributed by atoms with Gasteiger partial charge in [0.15, 0.2) is 12.4 Å². The standard InChI is InChI=1S/C20H11Br5N2O5/c21-11-4-10(18(13(23)5-11)32-20(29)16-2-1-3-30-16)8-26-27-17(28)9-31-19-14(24)6-12(22)7-15(19)25/h1-8H,9H2,(H,27,28)/b26-8-. The second-order valence-electron chi connectivity index (χ2n) is 5.95. The van der Waals surface area contributed by atoms with E-state index in [1.165, 1.54) is 18.5 Å². The van der Waals surface area contributed by atoms with Crippen LogP contribution in [0.4, 0.5) is 0 Å². The molecule has 1 heterocycles. The number of carbonyl (C=O) groups excluding carboxylic acids is 2. The number of nitrogens with zero attached hydrogens (tertiary/aromatic N) is 1. The van der Waals surface area contributed by atoms with Crippen molar-refractivity contribution in [2.75, 3.05) is 6.61 Å². The molecular formula is C20H11Br5N2O5. The van der Waals surface area contributed by atoms with Gasteiger partial charge < -0.3 is 13.9 Å². The molecule has 3 rings (SSSR count). The molecule has 1 N–H and O–H groups in total. The van der Waals surface area contributed by atoms with Gasteiger partial charge in [-0.05, 0) is 84.2 Å². The zero-order valence-electron chi connectivity index (χ0n) is 15.7. The van der Waals surface area contributed by atoms with Crippen LogP contribution in [0.3, 0.4) is 0 Å². The molecule has 3 aromatic rings. The highest BCUT2D eigenvalue weighted by Gasteiger charge is 2.17. The van der Waals surface area contributed by atoms with Crippen molar-refractivity contribution in [1.29, 1.82) is 0 Å². The lowest BCUT2D eigenvalue weighted by molar-refractivity contribution is -0.123. The second-order valence-corrected chi connectivity index (χ2v) is 10.3. The van der Waals surface area contributed by atoms with E-state index in [1.54, 1.807) is 30.3 Å². The molecule has 0 aliphatic heterocycles. The van der Waals surface area contributed by atoms with Crippen molar-refractivity contribution in [3.63, 3.8) is 0 Å². The summed E-state index contributed by atoms with van der Waals surface area (Å²) in [6.45, 7) is -0.265. The first-order valence-corrected chi connectivity index (χ1v) is 12.5. The summed E-state index contributed by atoms with van der Waals surface area (Å²) < 4.78 is 19.5. The van der Waals surface area contributed by atoms with Gasteiger partial charge in [0.05, 0.1) is 25.9 Å². The molecule has 0 spiro atoms. The van der Waals surface area contributed by atoms with E-state index in [9.17, 15) is 9.59 Å². The van der Waals surface area contributed by atoms with Crippen molar-refractivity contribution in [1.82, 2.24) is 5.43 Å². The summed E-state index contributed by atoms with van der Waals surface area (Å²) in [5, 5.41) is 3.93. The average molecular weight is 759 g/mol. The number of rotatable bonds is 7. The summed E-state index contributed by atoms with van der Waals surface area (Å²) in [5.41, 5.74) is 2.81. The van der Waals surface area contributed by atoms with Gasteiger partial charge in [0, 0.05) is 14.5 Å². The Kier molecular flexibility index (Phi) is 9.12. The largest absolute Gasteiger partial charge is 0.481 e. The van der Waals surface area contributed by atoms with E-state index in [1.807, 2.05) is 0 Å². The molecule has 32 heavy (non-hydrogen) atoms. The first-order valence-electron chi connectivity index (χ1n) is 8.58. The van der Waals surface area contributed by atoms with Crippen molar-refractivity contribution in [2.24, 2.45) is 5.10 Å². The Bertz CT molecular complexity index is 1160. The normalized spacial score (nSPS) is 10.9. The molecule has 1 amide bonds. The third-order valence-corrected chi connectivity index (χ3v) is 6.34. The number of carbonyl (C=O) groups is 2. The Morgan fingerprint density at radius 1 is 0.969 bits per heavy atom. The van der Waals surface area contributed by atoms with Gasteiger partial charge in [-0.3, -0.25) is 4.79 Å². The van der Waals surface area contributed by atoms with Crippen LogP contribution in [0.25, 0.3) is 0 Å². The number of ether oxygens (including phenoxy) is 2. The van der Waals surface area contributed by atoms with Gasteiger partial charge in [-0.15, -0.1) is 0 Å². The monoisotopic (exact) mass is 754 g/mol. The molecule has 12 heteroatoms. The number of amides is 1. The minimum Gasteiger partial charge on any atom is -0.481 e. The smallest absolute Gasteiger partial charge is 0.379 e. The molecule has 0 fully saturated rings. The Morgan fingerprint density at radius 2 is 1.59 bits per heavy atom. The number of halogens is 5. The van der Waals surface area contributed by atoms with Crippen LogP contribution < -0.4 is 14.9 Å². The fourth-order valence-electron chi connectivity index (χ4n) is 2.33. The lowest BCUT2D eigenvalue weighted by Gasteiger charge is -2.10. The van der Waals surface area contributed by atoms with Crippen molar-refractivity contribution >= 4 is 97.7 Å². The Labute approximate surface area is 224 Å². The molecule has 0 aliphatic rings. The van der Waals surface area contributed by atoms with Crippen LogP contribution in [0.5, 0.6) is 11.5 Å². The molecule has 1 aromatic heterocycles. The molecule has 166 valence electrons. The minimum absolute atomic E-state index is 0.0541. The van der Waals surface area contributed by atoms with E-state index < -0.39 is 11.9 Å². The maximum Gasteiger partial charge on any atom is 0.379 e. The average Bonchev–Trinajstić information content (AvgIpc) is 3.24. The van der Waals surface area contributed by atoms with Crippen molar-refractivity contribution in [3.8, 4) is 11.5 Å². The number of hydrogen-bond acceptors (Lipinski definition) is 6. The van der Waals surface area contributed by atoms with Gasteiger partial charge >= 0.3 is 5.97 Å². The van der Waals surface area contributed by atoms with Crippen LogP contribution in [0.15, 0.2) is 74.5 Å². The molecular weight excluding hydrogens is 748 g/mol. The maximum atomic E-state index is 12.3. The number of esters is 1. The van der Waals surface area contributed by atoms with Crippen LogP contribution in [-0.4, -0.2) is 24.7 Å². The van der Waals surface area contributed by atoms with E-state index >= 15 is 0 Å². The first-order chi connectivity index (χ1) is 15.2. The summed E-state index contributed by atoms with van der Waals surface area (Å²) in [7, 11) is 0. The minimum atomic E-state index is -0.671. The van der Waals surface area contributed by atoms with Crippen LogP contribution in [0.1, 0.15) is 16.1 Å². The molecule has 0 aliphatic carbocycles. The quantitative estimate of drug-likeness (QED) is 0.123. The predicted molar refractivity (Wildman–Crippen MR) is 136 cm³/mol. The summed E-state index contributed by atoms with van der Waals surface area (Å²) >= 11 is 16.9. The number of benzene rings is 2. The van der Waals surface area contributed by atoms with E-state index in [0.29, 0.717) is 29.2 Å². The predicted octanol–water partition coefficient (Wildman–Crippen LogP) is 6.84. The molecule has 0 bridgehead atoms. The zero-order chi connectivity index (χ0) is 23.3. The van der Waals surface area contributed by atoms with Gasteiger partial charge in [0.2, 0.25) is 5.76 Å². The topological polar surface area (TPSA) is 90.1 Å². The second kappa shape index (κ2) is 11.6. The van der Waals surface area contributed by atoms with Gasteiger partial charge in [-0.1, -0.05) is 31.9 Å². The summed E-state index contributed by atoms with van der Waals surface area (Å²) in [6, 6.07) is 10.1. The fraction of sp³-hybridized carbons (Fsp3) is 0.0500. The highest BCUT2D eigenvalue weighted by molar-refractivity contribution is 9.12. The van der Waals surface area contributed by atoms with E-state index in [0.717, 1.165) is 4.47 Å². The summed E-state index contributed by atoms with van der Waals surface area (Å²) in [4.78, 5) is 24.4. The highest BCUT2D eigenvalue weighted by Crippen LogP contribution is 2.36. The number of hydrazone groups is 1. The number of nitrogens with one attached hydrogen (secondary N) is 1. The van der Waals surface area contributed by atoms with Gasteiger partial charge in [-0.2, -0.15) is 5.10 Å². The van der Waals surface area contributed by atoms with E-state index in [2.05, 4.69) is 90.2 Å². The Hall–Kier alpha value is -1.47. The summed E-state index contributed by atoms with van der Waals surface area (Å²) in [6.07, 6.45) is 2.72. The van der Waals surface area contributed by atoms with Crippen LogP contribution in [0, 0.1) is 0 Å². The van der Waals surface area contributed by atoms with Crippen LogP contribution in [0.2, 0.25) is 0 Å². The summed E-state index contributed by atoms with van der Waals surface area (Å²) in [5.74, 6) is -0.401. The number of furan rings is 1. The number of hydrogen-bond donors (Lipinski definition) is 1. The lowest BCUT2D eigenvalue weighted by atomic mass is 10.2. The fourth-order valence-corrected chi connectivity index (χ4v) is 6.16. The van der Waals surface area contributed by atoms with Crippen molar-refractivity contribution in [2.45, 2.75) is 0 Å². The highest BCUT2D eigenvalue weighted by atomic mass is 79.9. The van der Waals surface area contributed by atoms with Crippen LogP contribution in [-0.2, 0) is 4.79 Å². The van der Waals surface area contributed by atoms with Gasteiger partial charge in [-0.25, -0.2) is 10.2 Å². The molecule has 2 aromatic carbocycles. The third kappa shape index (κ3) is 6.77.